The lowest BCUT2D eigenvalue weighted by Crippen LogP contribution is -2.22. The smallest absolute Gasteiger partial charge is 0.316 e. The number of rotatable bonds is 10. The van der Waals surface area contributed by atoms with Crippen LogP contribution in [0, 0.1) is 10.1 Å². The van der Waals surface area contributed by atoms with E-state index in [2.05, 4.69) is 15.5 Å². The van der Waals surface area contributed by atoms with Crippen LogP contribution in [0.4, 0.5) is 11.4 Å². The second-order valence-corrected chi connectivity index (χ2v) is 8.06. The van der Waals surface area contributed by atoms with Crippen LogP contribution in [0.3, 0.4) is 0 Å². The highest BCUT2D eigenvalue weighted by atomic mass is 32.2. The SMILES string of the molecule is CCn1c(SCC(=O)OCC(=O)Nc2ccc([N+](=O)[O-])cc2OC)nnc1-c1cccs1. The molecule has 0 unspecified atom stereocenters. The quantitative estimate of drug-likeness (QED) is 0.202. The molecular weight excluding hydrogens is 458 g/mol. The van der Waals surface area contributed by atoms with Crippen molar-refractivity contribution in [3.05, 3.63) is 45.8 Å². The van der Waals surface area contributed by atoms with Crippen molar-refractivity contribution in [2.24, 2.45) is 0 Å². The van der Waals surface area contributed by atoms with Crippen molar-refractivity contribution >= 4 is 46.3 Å². The lowest BCUT2D eigenvalue weighted by molar-refractivity contribution is -0.384. The highest BCUT2D eigenvalue weighted by Crippen LogP contribution is 2.29. The molecule has 2 aromatic heterocycles. The van der Waals surface area contributed by atoms with Gasteiger partial charge in [-0.1, -0.05) is 17.8 Å². The molecule has 0 aliphatic rings. The zero-order valence-corrected chi connectivity index (χ0v) is 18.8. The molecule has 13 heteroatoms. The van der Waals surface area contributed by atoms with Gasteiger partial charge in [0, 0.05) is 12.6 Å². The number of methoxy groups -OCH3 is 1. The minimum absolute atomic E-state index is 0.0449. The first-order valence-corrected chi connectivity index (χ1v) is 11.2. The summed E-state index contributed by atoms with van der Waals surface area (Å²) < 4.78 is 12.0. The molecule has 0 saturated carbocycles. The number of hydrogen-bond donors (Lipinski definition) is 1. The molecule has 0 atom stereocenters. The number of nitro benzene ring substituents is 1. The van der Waals surface area contributed by atoms with Gasteiger partial charge in [0.15, 0.2) is 17.6 Å². The van der Waals surface area contributed by atoms with E-state index in [0.717, 1.165) is 10.7 Å². The number of hydrogen-bond acceptors (Lipinski definition) is 10. The van der Waals surface area contributed by atoms with Gasteiger partial charge in [-0.3, -0.25) is 19.7 Å². The molecule has 32 heavy (non-hydrogen) atoms. The summed E-state index contributed by atoms with van der Waals surface area (Å²) in [5.41, 5.74) is 0.0520. The topological polar surface area (TPSA) is 138 Å². The molecule has 0 spiro atoms. The van der Waals surface area contributed by atoms with Crippen LogP contribution in [0.15, 0.2) is 40.9 Å². The lowest BCUT2D eigenvalue weighted by atomic mass is 10.2. The zero-order valence-electron chi connectivity index (χ0n) is 17.1. The Morgan fingerprint density at radius 2 is 2.12 bits per heavy atom. The van der Waals surface area contributed by atoms with Crippen molar-refractivity contribution in [1.29, 1.82) is 0 Å². The van der Waals surface area contributed by atoms with Gasteiger partial charge in [-0.15, -0.1) is 21.5 Å². The van der Waals surface area contributed by atoms with Gasteiger partial charge < -0.3 is 19.4 Å². The summed E-state index contributed by atoms with van der Waals surface area (Å²) in [6.45, 7) is 2.08. The Morgan fingerprint density at radius 3 is 2.78 bits per heavy atom. The summed E-state index contributed by atoms with van der Waals surface area (Å²) in [6.07, 6.45) is 0. The molecule has 2 heterocycles. The fourth-order valence-electron chi connectivity index (χ4n) is 2.66. The van der Waals surface area contributed by atoms with E-state index in [4.69, 9.17) is 9.47 Å². The summed E-state index contributed by atoms with van der Waals surface area (Å²) in [6, 6.07) is 7.63. The fraction of sp³-hybridized carbons (Fsp3) is 0.263. The molecule has 3 aromatic rings. The summed E-state index contributed by atoms with van der Waals surface area (Å²) in [7, 11) is 1.32. The Labute approximate surface area is 190 Å². The van der Waals surface area contributed by atoms with Crippen molar-refractivity contribution in [3.8, 4) is 16.5 Å². The number of ether oxygens (including phenoxy) is 2. The fourth-order valence-corrected chi connectivity index (χ4v) is 4.18. The molecule has 1 amide bonds. The van der Waals surface area contributed by atoms with Gasteiger partial charge in [-0.2, -0.15) is 0 Å². The molecule has 0 radical (unpaired) electrons. The molecule has 0 aliphatic carbocycles. The maximum atomic E-state index is 12.1. The number of nitrogens with one attached hydrogen (secondary N) is 1. The Kier molecular flexibility index (Phi) is 7.78. The van der Waals surface area contributed by atoms with E-state index in [1.165, 1.54) is 37.1 Å². The second-order valence-electron chi connectivity index (χ2n) is 6.17. The van der Waals surface area contributed by atoms with Crippen molar-refractivity contribution < 1.29 is 24.0 Å². The molecule has 1 aromatic carbocycles. The van der Waals surface area contributed by atoms with Crippen molar-refractivity contribution in [1.82, 2.24) is 14.8 Å². The third-order valence-corrected chi connectivity index (χ3v) is 5.93. The van der Waals surface area contributed by atoms with Gasteiger partial charge in [0.05, 0.1) is 34.4 Å². The number of carbonyl (C=O) groups is 2. The zero-order chi connectivity index (χ0) is 23.1. The summed E-state index contributed by atoms with van der Waals surface area (Å²) in [5.74, 6) is -0.391. The van der Waals surface area contributed by atoms with Crippen LogP contribution in [0.2, 0.25) is 0 Å². The average Bonchev–Trinajstić information content (AvgIpc) is 3.45. The first kappa shape index (κ1) is 23.2. The van der Waals surface area contributed by atoms with E-state index >= 15 is 0 Å². The molecule has 0 bridgehead atoms. The molecule has 0 aliphatic heterocycles. The molecule has 0 saturated heterocycles. The van der Waals surface area contributed by atoms with Crippen molar-refractivity contribution in [2.45, 2.75) is 18.6 Å². The first-order valence-electron chi connectivity index (χ1n) is 9.30. The monoisotopic (exact) mass is 477 g/mol. The minimum Gasteiger partial charge on any atom is -0.494 e. The summed E-state index contributed by atoms with van der Waals surface area (Å²) in [4.78, 5) is 35.4. The van der Waals surface area contributed by atoms with Gasteiger partial charge in [0.25, 0.3) is 11.6 Å². The van der Waals surface area contributed by atoms with E-state index in [1.54, 1.807) is 11.3 Å². The van der Waals surface area contributed by atoms with Crippen LogP contribution in [0.5, 0.6) is 5.75 Å². The van der Waals surface area contributed by atoms with E-state index in [1.807, 2.05) is 29.0 Å². The number of amides is 1. The Hall–Kier alpha value is -3.45. The lowest BCUT2D eigenvalue weighted by Gasteiger charge is -2.10. The Morgan fingerprint density at radius 1 is 1.31 bits per heavy atom. The van der Waals surface area contributed by atoms with Gasteiger partial charge in [-0.25, -0.2) is 0 Å². The van der Waals surface area contributed by atoms with Crippen molar-refractivity contribution in [2.75, 3.05) is 24.8 Å². The average molecular weight is 478 g/mol. The summed E-state index contributed by atoms with van der Waals surface area (Å²) >= 11 is 2.72. The first-order chi connectivity index (χ1) is 15.4. The van der Waals surface area contributed by atoms with Gasteiger partial charge in [0.2, 0.25) is 0 Å². The van der Waals surface area contributed by atoms with E-state index in [9.17, 15) is 19.7 Å². The highest BCUT2D eigenvalue weighted by molar-refractivity contribution is 7.99. The molecule has 168 valence electrons. The van der Waals surface area contributed by atoms with Gasteiger partial charge in [0.1, 0.15) is 5.75 Å². The second kappa shape index (κ2) is 10.7. The van der Waals surface area contributed by atoms with E-state index in [-0.39, 0.29) is 22.9 Å². The number of thiophene rings is 1. The molecule has 3 rings (SSSR count). The van der Waals surface area contributed by atoms with Crippen molar-refractivity contribution in [3.63, 3.8) is 0 Å². The third-order valence-electron chi connectivity index (χ3n) is 4.13. The van der Waals surface area contributed by atoms with E-state index < -0.39 is 23.4 Å². The number of esters is 1. The minimum atomic E-state index is -0.604. The van der Waals surface area contributed by atoms with Gasteiger partial charge in [-0.05, 0) is 24.4 Å². The number of anilines is 1. The Bertz CT molecular complexity index is 1120. The van der Waals surface area contributed by atoms with Crippen LogP contribution < -0.4 is 10.1 Å². The number of non-ortho nitro benzene ring substituents is 1. The normalized spacial score (nSPS) is 10.6. The predicted octanol–water partition coefficient (Wildman–Crippen LogP) is 3.22. The number of carbonyl (C=O) groups excluding carboxylic acids is 2. The van der Waals surface area contributed by atoms with Crippen LogP contribution in [-0.2, 0) is 20.9 Å². The molecule has 0 fully saturated rings. The number of nitrogens with zero attached hydrogens (tertiary/aromatic N) is 4. The van der Waals surface area contributed by atoms with E-state index in [0.29, 0.717) is 11.7 Å². The highest BCUT2D eigenvalue weighted by Gasteiger charge is 2.17. The largest absolute Gasteiger partial charge is 0.494 e. The van der Waals surface area contributed by atoms with Crippen LogP contribution in [-0.4, -0.2) is 51.0 Å². The predicted molar refractivity (Wildman–Crippen MR) is 119 cm³/mol. The third kappa shape index (κ3) is 5.62. The van der Waals surface area contributed by atoms with Crippen LogP contribution >= 0.6 is 23.1 Å². The Balaban J connectivity index is 1.51. The number of thioether (sulfide) groups is 1. The number of nitro groups is 1. The standard InChI is InChI=1S/C19H19N5O6S2/c1-3-23-18(15-5-4-8-31-15)21-22-19(23)32-11-17(26)30-10-16(25)20-13-7-6-12(24(27)28)9-14(13)29-2/h4-9H,3,10-11H2,1-2H3,(H,20,25). The van der Waals surface area contributed by atoms with Crippen LogP contribution in [0.1, 0.15) is 6.92 Å². The molecular formula is C19H19N5O6S2. The van der Waals surface area contributed by atoms with Crippen LogP contribution in [0.25, 0.3) is 10.7 Å². The maximum Gasteiger partial charge on any atom is 0.316 e. The summed E-state index contributed by atoms with van der Waals surface area (Å²) in [5, 5.41) is 24.2. The van der Waals surface area contributed by atoms with Gasteiger partial charge >= 0.3 is 5.97 Å². The molecule has 11 nitrogen and oxygen atoms in total. The maximum absolute atomic E-state index is 12.1. The molecule has 1 N–H and O–H groups in total. The number of benzene rings is 1. The number of aromatic nitrogens is 3.